The Bertz CT molecular complexity index is 718. The topological polar surface area (TPSA) is 32.3 Å². The molecule has 1 aliphatic heterocycles. The van der Waals surface area contributed by atoms with Crippen LogP contribution in [0.15, 0.2) is 60.7 Å². The second-order valence-corrected chi connectivity index (χ2v) is 6.76. The largest absolute Gasteiger partial charge is 0.338 e. The fourth-order valence-electron chi connectivity index (χ4n) is 3.27. The summed E-state index contributed by atoms with van der Waals surface area (Å²) in [4.78, 5) is 14.4. The molecule has 1 N–H and O–H groups in total. The first-order valence-electron chi connectivity index (χ1n) is 8.99. The summed E-state index contributed by atoms with van der Waals surface area (Å²) < 4.78 is 0. The second-order valence-electron chi connectivity index (χ2n) is 6.76. The van der Waals surface area contributed by atoms with E-state index in [1.54, 1.807) is 4.90 Å². The highest BCUT2D eigenvalue weighted by atomic mass is 16.2. The van der Waals surface area contributed by atoms with Gasteiger partial charge in [0.15, 0.2) is 0 Å². The third kappa shape index (κ3) is 5.04. The molecule has 1 saturated heterocycles. The Hall–Kier alpha value is -2.39. The highest BCUT2D eigenvalue weighted by Crippen LogP contribution is 2.17. The lowest BCUT2D eigenvalue weighted by molar-refractivity contribution is 0.0810. The fourth-order valence-corrected chi connectivity index (χ4v) is 3.27. The minimum atomic E-state index is 0.0732. The van der Waals surface area contributed by atoms with Gasteiger partial charge in [0.1, 0.15) is 0 Å². The predicted octanol–water partition coefficient (Wildman–Crippen LogP) is 3.62. The van der Waals surface area contributed by atoms with Gasteiger partial charge in [0.05, 0.1) is 0 Å². The van der Waals surface area contributed by atoms with E-state index in [0.29, 0.717) is 12.5 Å². The van der Waals surface area contributed by atoms with Crippen LogP contribution in [0.1, 0.15) is 27.9 Å². The number of hydrogen-bond acceptors (Lipinski definition) is 2. The average Bonchev–Trinajstić information content (AvgIpc) is 3.15. The van der Waals surface area contributed by atoms with Crippen LogP contribution in [0.5, 0.6) is 0 Å². The van der Waals surface area contributed by atoms with Crippen LogP contribution in [0, 0.1) is 5.92 Å². The summed E-state index contributed by atoms with van der Waals surface area (Å²) in [6.07, 6.45) is 6.35. The molecule has 1 atom stereocenters. The van der Waals surface area contributed by atoms with Crippen molar-refractivity contribution >= 4 is 12.0 Å². The summed E-state index contributed by atoms with van der Waals surface area (Å²) in [5.41, 5.74) is 3.18. The van der Waals surface area contributed by atoms with Gasteiger partial charge in [-0.25, -0.2) is 0 Å². The van der Waals surface area contributed by atoms with Crippen LogP contribution in [-0.4, -0.2) is 37.5 Å². The van der Waals surface area contributed by atoms with Crippen LogP contribution in [-0.2, 0) is 6.42 Å². The maximum Gasteiger partial charge on any atom is 0.253 e. The zero-order valence-electron chi connectivity index (χ0n) is 14.8. The molecule has 3 heteroatoms. The fraction of sp³-hybridized carbons (Fsp3) is 0.318. The van der Waals surface area contributed by atoms with Gasteiger partial charge >= 0.3 is 0 Å². The minimum absolute atomic E-state index is 0.0732. The molecule has 2 aromatic rings. The molecule has 0 aliphatic carbocycles. The molecule has 0 spiro atoms. The van der Waals surface area contributed by atoms with Crippen molar-refractivity contribution in [3.63, 3.8) is 0 Å². The maximum atomic E-state index is 12.7. The Morgan fingerprint density at radius 3 is 2.80 bits per heavy atom. The Morgan fingerprint density at radius 1 is 1.20 bits per heavy atom. The number of nitrogens with one attached hydrogen (secondary N) is 1. The van der Waals surface area contributed by atoms with Crippen LogP contribution in [0.25, 0.3) is 6.08 Å². The standard InChI is InChI=1S/C22H26N2O/c1-24(14-6-10-18-7-3-2-4-8-18)22(25)21-11-5-9-19(16-21)15-20-12-13-23-17-20/h2-11,16,20,23H,12-15,17H2,1H3. The van der Waals surface area contributed by atoms with E-state index in [2.05, 4.69) is 29.6 Å². The number of hydrogen-bond donors (Lipinski definition) is 1. The molecule has 2 aromatic carbocycles. The highest BCUT2D eigenvalue weighted by molar-refractivity contribution is 5.94. The van der Waals surface area contributed by atoms with Crippen LogP contribution in [0.4, 0.5) is 0 Å². The van der Waals surface area contributed by atoms with Gasteiger partial charge in [-0.1, -0.05) is 54.6 Å². The average molecular weight is 334 g/mol. The Balaban J connectivity index is 1.58. The Kier molecular flexibility index (Phi) is 6.02. The molecule has 3 rings (SSSR count). The van der Waals surface area contributed by atoms with Crippen molar-refractivity contribution in [1.29, 1.82) is 0 Å². The quantitative estimate of drug-likeness (QED) is 0.875. The third-order valence-electron chi connectivity index (χ3n) is 4.70. The van der Waals surface area contributed by atoms with Gasteiger partial charge < -0.3 is 10.2 Å². The monoisotopic (exact) mass is 334 g/mol. The first kappa shape index (κ1) is 17.4. The zero-order chi connectivity index (χ0) is 17.5. The predicted molar refractivity (Wildman–Crippen MR) is 104 cm³/mol. The second kappa shape index (κ2) is 8.63. The summed E-state index contributed by atoms with van der Waals surface area (Å²) in [5, 5.41) is 3.40. The first-order valence-corrected chi connectivity index (χ1v) is 8.99. The van der Waals surface area contributed by atoms with Gasteiger partial charge in [0.25, 0.3) is 5.91 Å². The lowest BCUT2D eigenvalue weighted by Crippen LogP contribution is -2.26. The van der Waals surface area contributed by atoms with Crippen LogP contribution < -0.4 is 5.32 Å². The van der Waals surface area contributed by atoms with E-state index in [-0.39, 0.29) is 5.91 Å². The van der Waals surface area contributed by atoms with E-state index < -0.39 is 0 Å². The molecule has 1 amide bonds. The minimum Gasteiger partial charge on any atom is -0.338 e. The number of benzene rings is 2. The normalized spacial score (nSPS) is 17.1. The van der Waals surface area contributed by atoms with Gasteiger partial charge in [-0.05, 0) is 55.1 Å². The van der Waals surface area contributed by atoms with Crippen LogP contribution in [0.3, 0.4) is 0 Å². The number of rotatable bonds is 6. The van der Waals surface area contributed by atoms with Gasteiger partial charge in [0.2, 0.25) is 0 Å². The summed E-state index contributed by atoms with van der Waals surface area (Å²) in [7, 11) is 1.85. The summed E-state index contributed by atoms with van der Waals surface area (Å²) >= 11 is 0. The van der Waals surface area contributed by atoms with Crippen molar-refractivity contribution in [3.05, 3.63) is 77.4 Å². The van der Waals surface area contributed by atoms with Gasteiger partial charge in [-0.2, -0.15) is 0 Å². The van der Waals surface area contributed by atoms with E-state index in [1.807, 2.05) is 49.5 Å². The molecule has 1 aliphatic rings. The smallest absolute Gasteiger partial charge is 0.253 e. The van der Waals surface area contributed by atoms with Crippen molar-refractivity contribution in [2.24, 2.45) is 5.92 Å². The van der Waals surface area contributed by atoms with Gasteiger partial charge in [-0.3, -0.25) is 4.79 Å². The molecule has 0 aromatic heterocycles. The molecule has 0 saturated carbocycles. The van der Waals surface area contributed by atoms with Crippen molar-refractivity contribution in [2.45, 2.75) is 12.8 Å². The van der Waals surface area contributed by atoms with Gasteiger partial charge in [0, 0.05) is 19.2 Å². The molecule has 1 unspecified atom stereocenters. The molecule has 0 bridgehead atoms. The molecule has 1 fully saturated rings. The van der Waals surface area contributed by atoms with Gasteiger partial charge in [-0.15, -0.1) is 0 Å². The van der Waals surface area contributed by atoms with E-state index in [9.17, 15) is 4.79 Å². The SMILES string of the molecule is CN(CC=Cc1ccccc1)C(=O)c1cccc(CC2CCNC2)c1. The van der Waals surface area contributed by atoms with Crippen molar-refractivity contribution in [2.75, 3.05) is 26.7 Å². The van der Waals surface area contributed by atoms with E-state index in [4.69, 9.17) is 0 Å². The van der Waals surface area contributed by atoms with E-state index in [0.717, 1.165) is 30.6 Å². The van der Waals surface area contributed by atoms with Crippen LogP contribution >= 0.6 is 0 Å². The maximum absolute atomic E-state index is 12.7. The number of carbonyl (C=O) groups excluding carboxylic acids is 1. The lowest BCUT2D eigenvalue weighted by atomic mass is 9.97. The number of carbonyl (C=O) groups is 1. The molecule has 3 nitrogen and oxygen atoms in total. The number of nitrogens with zero attached hydrogens (tertiary/aromatic N) is 1. The summed E-state index contributed by atoms with van der Waals surface area (Å²) in [5.74, 6) is 0.765. The zero-order valence-corrected chi connectivity index (χ0v) is 14.8. The molecular weight excluding hydrogens is 308 g/mol. The Morgan fingerprint density at radius 2 is 2.04 bits per heavy atom. The van der Waals surface area contributed by atoms with Crippen molar-refractivity contribution in [1.82, 2.24) is 10.2 Å². The van der Waals surface area contributed by atoms with E-state index >= 15 is 0 Å². The van der Waals surface area contributed by atoms with Crippen LogP contribution in [0.2, 0.25) is 0 Å². The third-order valence-corrected chi connectivity index (χ3v) is 4.70. The highest BCUT2D eigenvalue weighted by Gasteiger charge is 2.16. The van der Waals surface area contributed by atoms with Crippen molar-refractivity contribution < 1.29 is 4.79 Å². The molecule has 1 heterocycles. The lowest BCUT2D eigenvalue weighted by Gasteiger charge is -2.16. The first-order chi connectivity index (χ1) is 12.2. The van der Waals surface area contributed by atoms with Crippen molar-refractivity contribution in [3.8, 4) is 0 Å². The summed E-state index contributed by atoms with van der Waals surface area (Å²) in [6, 6.07) is 18.2. The molecule has 25 heavy (non-hydrogen) atoms. The number of amides is 1. The number of likely N-dealkylation sites (N-methyl/N-ethyl adjacent to an activating group) is 1. The molecule has 0 radical (unpaired) electrons. The Labute approximate surface area is 150 Å². The molecular formula is C22H26N2O. The molecule has 130 valence electrons. The van der Waals surface area contributed by atoms with E-state index in [1.165, 1.54) is 12.0 Å². The summed E-state index contributed by atoms with van der Waals surface area (Å²) in [6.45, 7) is 2.80.